The monoisotopic (exact) mass is 416 g/mol. The molecule has 31 heavy (non-hydrogen) atoms. The Balaban J connectivity index is 1.98. The Morgan fingerprint density at radius 1 is 1.19 bits per heavy atom. The molecule has 0 amide bonds. The zero-order valence-corrected chi connectivity index (χ0v) is 18.9. The number of aliphatic hydroxyl groups excluding tert-OH is 2. The van der Waals surface area contributed by atoms with E-state index in [1.807, 2.05) is 12.1 Å². The third kappa shape index (κ3) is 4.05. The average Bonchev–Trinajstić information content (AvgIpc) is 3.25. The molecule has 2 unspecified atom stereocenters. The lowest BCUT2D eigenvalue weighted by Gasteiger charge is -2.37. The predicted octanol–water partition coefficient (Wildman–Crippen LogP) is 5.73. The van der Waals surface area contributed by atoms with E-state index in [1.54, 1.807) is 12.1 Å². The minimum absolute atomic E-state index is 0.0117. The number of aromatic nitrogens is 1. The molecule has 2 N–H and O–H groups in total. The lowest BCUT2D eigenvalue weighted by atomic mass is 9.71. The molecule has 1 aromatic heterocycles. The SMILES string of the molecule is CC(C)c1nc2c(c(C3=CCCC3)c1C(O)c1ccc(C#N)cc1)C(O)CC(C)(C)C2. The summed E-state index contributed by atoms with van der Waals surface area (Å²) < 4.78 is 0. The molecule has 0 saturated carbocycles. The second kappa shape index (κ2) is 8.22. The molecule has 4 heteroatoms. The fraction of sp³-hybridized carbons (Fsp3) is 0.481. The molecule has 1 aromatic carbocycles. The molecule has 0 bridgehead atoms. The largest absolute Gasteiger partial charge is 0.388 e. The van der Waals surface area contributed by atoms with Gasteiger partial charge >= 0.3 is 0 Å². The highest BCUT2D eigenvalue weighted by Gasteiger charge is 2.38. The fourth-order valence-electron chi connectivity index (χ4n) is 5.20. The van der Waals surface area contributed by atoms with E-state index in [0.29, 0.717) is 12.0 Å². The summed E-state index contributed by atoms with van der Waals surface area (Å²) in [5.74, 6) is 0.135. The van der Waals surface area contributed by atoms with Gasteiger partial charge in [-0.1, -0.05) is 45.9 Å². The van der Waals surface area contributed by atoms with E-state index in [4.69, 9.17) is 10.2 Å². The van der Waals surface area contributed by atoms with Crippen LogP contribution in [0.1, 0.15) is 111 Å². The van der Waals surface area contributed by atoms with E-state index in [2.05, 4.69) is 39.8 Å². The van der Waals surface area contributed by atoms with Crippen LogP contribution in [0.15, 0.2) is 30.3 Å². The zero-order valence-electron chi connectivity index (χ0n) is 18.9. The number of fused-ring (bicyclic) bond motifs is 1. The molecule has 0 spiro atoms. The molecule has 1 heterocycles. The minimum atomic E-state index is -0.860. The Morgan fingerprint density at radius 3 is 2.48 bits per heavy atom. The summed E-state index contributed by atoms with van der Waals surface area (Å²) in [5, 5.41) is 31.9. The van der Waals surface area contributed by atoms with Crippen LogP contribution in [-0.4, -0.2) is 15.2 Å². The Hall–Kier alpha value is -2.48. The van der Waals surface area contributed by atoms with Crippen LogP contribution in [0.25, 0.3) is 5.57 Å². The van der Waals surface area contributed by atoms with Gasteiger partial charge in [0, 0.05) is 22.5 Å². The van der Waals surface area contributed by atoms with Crippen LogP contribution in [0.4, 0.5) is 0 Å². The summed E-state index contributed by atoms with van der Waals surface area (Å²) in [4.78, 5) is 5.07. The van der Waals surface area contributed by atoms with Gasteiger partial charge in [0.2, 0.25) is 0 Å². The summed E-state index contributed by atoms with van der Waals surface area (Å²) in [5.41, 5.74) is 7.17. The van der Waals surface area contributed by atoms with Crippen LogP contribution < -0.4 is 0 Å². The van der Waals surface area contributed by atoms with Gasteiger partial charge in [0.1, 0.15) is 6.10 Å². The first kappa shape index (κ1) is 21.7. The summed E-state index contributed by atoms with van der Waals surface area (Å²) in [7, 11) is 0. The van der Waals surface area contributed by atoms with E-state index < -0.39 is 12.2 Å². The smallest absolute Gasteiger partial charge is 0.106 e. The lowest BCUT2D eigenvalue weighted by Crippen LogP contribution is -2.29. The molecule has 4 nitrogen and oxygen atoms in total. The van der Waals surface area contributed by atoms with Crippen LogP contribution in [-0.2, 0) is 6.42 Å². The van der Waals surface area contributed by atoms with E-state index >= 15 is 0 Å². The number of hydrogen-bond acceptors (Lipinski definition) is 4. The Bertz CT molecular complexity index is 1060. The van der Waals surface area contributed by atoms with Gasteiger partial charge in [-0.05, 0) is 72.3 Å². The van der Waals surface area contributed by atoms with Gasteiger partial charge in [0.05, 0.1) is 17.7 Å². The van der Waals surface area contributed by atoms with Gasteiger partial charge in [-0.3, -0.25) is 4.98 Å². The standard InChI is InChI=1S/C27H32N2O2/c1-16(2)25-24(26(31)19-11-9-17(15-28)10-12-19)22(18-7-5-6-8-18)23-20(29-25)13-27(3,4)14-21(23)30/h7,9-12,16,21,26,30-31H,5-6,8,13-14H2,1-4H3. The summed E-state index contributed by atoms with van der Waals surface area (Å²) in [6.07, 6.45) is 5.41. The van der Waals surface area contributed by atoms with Gasteiger partial charge in [-0.2, -0.15) is 5.26 Å². The maximum atomic E-state index is 11.6. The number of rotatable bonds is 4. The van der Waals surface area contributed by atoms with Crippen molar-refractivity contribution in [3.63, 3.8) is 0 Å². The van der Waals surface area contributed by atoms with Crippen molar-refractivity contribution in [3.05, 3.63) is 69.5 Å². The van der Waals surface area contributed by atoms with Crippen LogP contribution in [0, 0.1) is 16.7 Å². The van der Waals surface area contributed by atoms with Crippen LogP contribution in [0.5, 0.6) is 0 Å². The van der Waals surface area contributed by atoms with Crippen LogP contribution >= 0.6 is 0 Å². The number of allylic oxidation sites excluding steroid dienone is 2. The van der Waals surface area contributed by atoms with Crippen molar-refractivity contribution in [3.8, 4) is 6.07 Å². The van der Waals surface area contributed by atoms with Crippen molar-refractivity contribution in [1.82, 2.24) is 4.98 Å². The number of nitrogens with zero attached hydrogens (tertiary/aromatic N) is 2. The number of hydrogen-bond donors (Lipinski definition) is 2. The molecule has 2 aliphatic carbocycles. The highest BCUT2D eigenvalue weighted by atomic mass is 16.3. The Labute approximate surface area is 185 Å². The highest BCUT2D eigenvalue weighted by Crippen LogP contribution is 2.48. The van der Waals surface area contributed by atoms with Crippen molar-refractivity contribution in [2.24, 2.45) is 5.41 Å². The minimum Gasteiger partial charge on any atom is -0.388 e. The highest BCUT2D eigenvalue weighted by molar-refractivity contribution is 5.75. The van der Waals surface area contributed by atoms with Crippen LogP contribution in [0.3, 0.4) is 0 Å². The number of aliphatic hydroxyl groups is 2. The molecule has 2 atom stereocenters. The summed E-state index contributed by atoms with van der Waals surface area (Å²) in [6.45, 7) is 8.59. The first-order valence-electron chi connectivity index (χ1n) is 11.3. The molecular weight excluding hydrogens is 384 g/mol. The average molecular weight is 417 g/mol. The molecule has 0 fully saturated rings. The molecule has 0 aliphatic heterocycles. The first-order chi connectivity index (χ1) is 14.7. The van der Waals surface area contributed by atoms with Gasteiger partial charge < -0.3 is 10.2 Å². The molecule has 2 aliphatic rings. The van der Waals surface area contributed by atoms with Crippen molar-refractivity contribution < 1.29 is 10.2 Å². The molecule has 0 radical (unpaired) electrons. The Morgan fingerprint density at radius 2 is 1.90 bits per heavy atom. The molecule has 162 valence electrons. The van der Waals surface area contributed by atoms with Gasteiger partial charge in [0.15, 0.2) is 0 Å². The number of pyridine rings is 1. The molecule has 0 saturated heterocycles. The Kier molecular flexibility index (Phi) is 5.77. The fourth-order valence-corrected chi connectivity index (χ4v) is 5.20. The van der Waals surface area contributed by atoms with E-state index in [9.17, 15) is 10.2 Å². The lowest BCUT2D eigenvalue weighted by molar-refractivity contribution is 0.0972. The van der Waals surface area contributed by atoms with E-state index in [0.717, 1.165) is 59.3 Å². The van der Waals surface area contributed by atoms with Gasteiger partial charge in [-0.25, -0.2) is 0 Å². The maximum absolute atomic E-state index is 11.6. The van der Waals surface area contributed by atoms with Gasteiger partial charge in [-0.15, -0.1) is 0 Å². The predicted molar refractivity (Wildman–Crippen MR) is 122 cm³/mol. The normalized spacial score (nSPS) is 20.8. The third-order valence-corrected chi connectivity index (χ3v) is 6.64. The van der Waals surface area contributed by atoms with Crippen molar-refractivity contribution in [2.75, 3.05) is 0 Å². The van der Waals surface area contributed by atoms with Crippen LogP contribution in [0.2, 0.25) is 0 Å². The van der Waals surface area contributed by atoms with Gasteiger partial charge in [0.25, 0.3) is 0 Å². The van der Waals surface area contributed by atoms with Crippen molar-refractivity contribution in [2.45, 2.75) is 77.9 Å². The molecule has 4 rings (SSSR count). The second-order valence-electron chi connectivity index (χ2n) is 10.1. The van der Waals surface area contributed by atoms with Crippen molar-refractivity contribution in [1.29, 1.82) is 5.26 Å². The van der Waals surface area contributed by atoms with E-state index in [-0.39, 0.29) is 11.3 Å². The quantitative estimate of drug-likeness (QED) is 0.667. The number of benzene rings is 1. The molecule has 2 aromatic rings. The maximum Gasteiger partial charge on any atom is 0.106 e. The third-order valence-electron chi connectivity index (χ3n) is 6.64. The van der Waals surface area contributed by atoms with Crippen molar-refractivity contribution >= 4 is 5.57 Å². The summed E-state index contributed by atoms with van der Waals surface area (Å²) in [6, 6.07) is 9.26. The summed E-state index contributed by atoms with van der Waals surface area (Å²) >= 11 is 0. The first-order valence-corrected chi connectivity index (χ1v) is 11.3. The molecular formula is C27H32N2O2. The number of nitriles is 1. The van der Waals surface area contributed by atoms with E-state index in [1.165, 1.54) is 5.57 Å². The second-order valence-corrected chi connectivity index (χ2v) is 10.1. The topological polar surface area (TPSA) is 77.1 Å². The zero-order chi connectivity index (χ0) is 22.3.